The van der Waals surface area contributed by atoms with Crippen molar-refractivity contribution in [3.8, 4) is 6.01 Å². The first-order chi connectivity index (χ1) is 9.97. The minimum absolute atomic E-state index is 0.0160. The molecular weight excluding hydrogens is 322 g/mol. The number of imidazole rings is 1. The Morgan fingerprint density at radius 3 is 2.95 bits per heavy atom. The number of nitrogens with one attached hydrogen (secondary N) is 1. The van der Waals surface area contributed by atoms with Crippen LogP contribution in [0.2, 0.25) is 5.02 Å². The second kappa shape index (κ2) is 6.57. The number of hydrogen-bond donors (Lipinski definition) is 2. The number of pyridine rings is 1. The molecule has 0 bridgehead atoms. The number of hydrogen-bond acceptors (Lipinski definition) is 6. The summed E-state index contributed by atoms with van der Waals surface area (Å²) in [4.78, 5) is 31.3. The highest BCUT2D eigenvalue weighted by Gasteiger charge is 2.21. The molecule has 2 aromatic rings. The second-order valence-electron chi connectivity index (χ2n) is 3.67. The molecule has 0 saturated heterocycles. The normalized spacial score (nSPS) is 11.9. The van der Waals surface area contributed by atoms with Crippen LogP contribution in [0, 0.1) is 0 Å². The lowest BCUT2D eigenvalue weighted by molar-refractivity contribution is -0.158. The van der Waals surface area contributed by atoms with Crippen LogP contribution in [-0.4, -0.2) is 36.5 Å². The van der Waals surface area contributed by atoms with E-state index in [2.05, 4.69) is 19.7 Å². The summed E-state index contributed by atoms with van der Waals surface area (Å²) in [5, 5.41) is 8.87. The maximum absolute atomic E-state index is 12.1. The van der Waals surface area contributed by atoms with Gasteiger partial charge >= 0.3 is 17.9 Å². The molecule has 21 heavy (non-hydrogen) atoms. The third-order valence-electron chi connectivity index (χ3n) is 2.19. The van der Waals surface area contributed by atoms with Gasteiger partial charge < -0.3 is 19.4 Å². The second-order valence-corrected chi connectivity index (χ2v) is 5.45. The Labute approximate surface area is 126 Å². The zero-order valence-electron chi connectivity index (χ0n) is 10.3. The lowest BCUT2D eigenvalue weighted by Gasteiger charge is -2.08. The molecule has 0 spiro atoms. The maximum atomic E-state index is 12.1. The molecular formula is C11H8ClN3O5S. The summed E-state index contributed by atoms with van der Waals surface area (Å²) in [7, 11) is 0. The van der Waals surface area contributed by atoms with Gasteiger partial charge in [-0.25, -0.2) is 14.6 Å². The van der Waals surface area contributed by atoms with E-state index in [4.69, 9.17) is 16.7 Å². The molecule has 2 heterocycles. The van der Waals surface area contributed by atoms with Crippen molar-refractivity contribution in [2.75, 3.05) is 0 Å². The minimum atomic E-state index is -1.74. The summed E-state index contributed by atoms with van der Waals surface area (Å²) in [5.41, 5.74) is 0.309. The standard InChI is InChI=1S/C11H8ClN3O5S/c12-7-2-1-3-13-8(7)21(19)5-6-4-14-11(15-6)20-10(18)9(16)17/h1-4H,5H2,(H,14,15)(H,16,17). The van der Waals surface area contributed by atoms with Crippen molar-refractivity contribution in [3.63, 3.8) is 0 Å². The zero-order chi connectivity index (χ0) is 15.4. The van der Waals surface area contributed by atoms with E-state index in [1.54, 1.807) is 12.1 Å². The van der Waals surface area contributed by atoms with Crippen molar-refractivity contribution < 1.29 is 24.0 Å². The largest absolute Gasteiger partial charge is 0.610 e. The van der Waals surface area contributed by atoms with E-state index in [1.165, 1.54) is 12.4 Å². The Morgan fingerprint density at radius 2 is 2.29 bits per heavy atom. The fraction of sp³-hybridized carbons (Fsp3) is 0.0909. The Hall–Kier alpha value is -2.10. The zero-order valence-corrected chi connectivity index (χ0v) is 11.8. The fourth-order valence-electron chi connectivity index (χ4n) is 1.34. The number of esters is 1. The molecule has 0 aliphatic heterocycles. The molecule has 0 amide bonds. The van der Waals surface area contributed by atoms with Gasteiger partial charge in [-0.1, -0.05) is 11.6 Å². The molecule has 10 heteroatoms. The van der Waals surface area contributed by atoms with Gasteiger partial charge in [0.25, 0.3) is 5.03 Å². The number of rotatable bonds is 4. The van der Waals surface area contributed by atoms with Crippen molar-refractivity contribution >= 4 is 34.7 Å². The SMILES string of the molecule is O=C(O)C(=O)Oc1nc(C[S+]([O-])c2ncccc2Cl)c[nH]1. The van der Waals surface area contributed by atoms with Gasteiger partial charge in [-0.05, 0) is 12.1 Å². The Bertz CT molecular complexity index is 677. The molecule has 0 aliphatic carbocycles. The van der Waals surface area contributed by atoms with E-state index >= 15 is 0 Å². The smallest absolute Gasteiger partial charge is 0.425 e. The predicted octanol–water partition coefficient (Wildman–Crippen LogP) is 0.756. The van der Waals surface area contributed by atoms with Crippen LogP contribution in [0.5, 0.6) is 6.01 Å². The summed E-state index contributed by atoms with van der Waals surface area (Å²) >= 11 is 4.34. The van der Waals surface area contributed by atoms with E-state index in [0.717, 1.165) is 0 Å². The highest BCUT2D eigenvalue weighted by molar-refractivity contribution is 7.90. The molecule has 1 unspecified atom stereocenters. The molecule has 0 aliphatic rings. The molecule has 0 radical (unpaired) electrons. The number of aliphatic carboxylic acids is 1. The number of H-pyrrole nitrogens is 1. The highest BCUT2D eigenvalue weighted by Crippen LogP contribution is 2.22. The van der Waals surface area contributed by atoms with Crippen LogP contribution in [-0.2, 0) is 26.5 Å². The number of carboxylic acids is 1. The summed E-state index contributed by atoms with van der Waals surface area (Å²) < 4.78 is 16.5. The third kappa shape index (κ3) is 3.94. The van der Waals surface area contributed by atoms with Crippen molar-refractivity contribution in [2.45, 2.75) is 10.8 Å². The Morgan fingerprint density at radius 1 is 1.52 bits per heavy atom. The maximum Gasteiger partial charge on any atom is 0.425 e. The summed E-state index contributed by atoms with van der Waals surface area (Å²) in [6, 6.07) is 2.88. The number of carboxylic acid groups (broad SMARTS) is 1. The van der Waals surface area contributed by atoms with Gasteiger partial charge in [0.1, 0.15) is 10.7 Å². The quantitative estimate of drug-likeness (QED) is 0.481. The van der Waals surface area contributed by atoms with Gasteiger partial charge in [-0.15, -0.1) is 0 Å². The van der Waals surface area contributed by atoms with Crippen LogP contribution >= 0.6 is 11.6 Å². The number of aromatic amines is 1. The molecule has 0 aromatic carbocycles. The molecule has 2 rings (SSSR count). The van der Waals surface area contributed by atoms with Crippen molar-refractivity contribution in [1.29, 1.82) is 0 Å². The molecule has 0 saturated carbocycles. The summed E-state index contributed by atoms with van der Waals surface area (Å²) in [6.07, 6.45) is 2.81. The van der Waals surface area contributed by atoms with E-state index in [0.29, 0.717) is 5.69 Å². The van der Waals surface area contributed by atoms with Gasteiger partial charge in [-0.2, -0.15) is 4.98 Å². The van der Waals surface area contributed by atoms with Crippen LogP contribution in [0.1, 0.15) is 5.69 Å². The average Bonchev–Trinajstić information content (AvgIpc) is 2.86. The topological polar surface area (TPSA) is 128 Å². The average molecular weight is 330 g/mol. The summed E-state index contributed by atoms with van der Waals surface area (Å²) in [5.74, 6) is -3.22. The first kappa shape index (κ1) is 15.3. The minimum Gasteiger partial charge on any atom is -0.610 e. The number of aromatic nitrogens is 3. The van der Waals surface area contributed by atoms with Crippen molar-refractivity contribution in [2.24, 2.45) is 0 Å². The van der Waals surface area contributed by atoms with Gasteiger partial charge in [0.05, 0.1) is 0 Å². The summed E-state index contributed by atoms with van der Waals surface area (Å²) in [6.45, 7) is 0. The van der Waals surface area contributed by atoms with Gasteiger partial charge in [0.15, 0.2) is 5.75 Å². The van der Waals surface area contributed by atoms with Crippen LogP contribution in [0.15, 0.2) is 29.6 Å². The first-order valence-corrected chi connectivity index (χ1v) is 7.15. The highest BCUT2D eigenvalue weighted by atomic mass is 35.5. The van der Waals surface area contributed by atoms with Crippen molar-refractivity contribution in [3.05, 3.63) is 35.2 Å². The number of nitrogens with zero attached hydrogens (tertiary/aromatic N) is 2. The van der Waals surface area contributed by atoms with Crippen LogP contribution in [0.4, 0.5) is 0 Å². The predicted molar refractivity (Wildman–Crippen MR) is 71.2 cm³/mol. The van der Waals surface area contributed by atoms with Crippen LogP contribution in [0.3, 0.4) is 0 Å². The number of ether oxygens (including phenoxy) is 1. The van der Waals surface area contributed by atoms with Crippen LogP contribution in [0.25, 0.3) is 0 Å². The van der Waals surface area contributed by atoms with E-state index < -0.39 is 23.1 Å². The van der Waals surface area contributed by atoms with Gasteiger partial charge in [-0.3, -0.25) is 0 Å². The molecule has 0 fully saturated rings. The van der Waals surface area contributed by atoms with Crippen LogP contribution < -0.4 is 4.74 Å². The van der Waals surface area contributed by atoms with Gasteiger partial charge in [0.2, 0.25) is 0 Å². The van der Waals surface area contributed by atoms with Gasteiger partial charge in [0, 0.05) is 23.6 Å². The monoisotopic (exact) mass is 329 g/mol. The molecule has 2 aromatic heterocycles. The Kier molecular flexibility index (Phi) is 4.78. The third-order valence-corrected chi connectivity index (χ3v) is 3.92. The lowest BCUT2D eigenvalue weighted by atomic mass is 10.5. The van der Waals surface area contributed by atoms with E-state index in [1.807, 2.05) is 0 Å². The molecule has 2 N–H and O–H groups in total. The van der Waals surface area contributed by atoms with E-state index in [-0.39, 0.29) is 21.8 Å². The van der Waals surface area contributed by atoms with E-state index in [9.17, 15) is 14.1 Å². The fourth-order valence-corrected chi connectivity index (χ4v) is 2.74. The molecule has 110 valence electrons. The Balaban J connectivity index is 2.04. The molecule has 1 atom stereocenters. The first-order valence-electron chi connectivity index (χ1n) is 5.45. The number of halogens is 1. The number of carbonyl (C=O) groups excluding carboxylic acids is 1. The lowest BCUT2D eigenvalue weighted by Crippen LogP contribution is -2.19. The van der Waals surface area contributed by atoms with Crippen molar-refractivity contribution in [1.82, 2.24) is 15.0 Å². The number of carbonyl (C=O) groups is 2. The molecule has 8 nitrogen and oxygen atoms in total.